The fourth-order valence-corrected chi connectivity index (χ4v) is 1.73. The van der Waals surface area contributed by atoms with Crippen molar-refractivity contribution in [3.8, 4) is 0 Å². The van der Waals surface area contributed by atoms with Crippen LogP contribution in [0.25, 0.3) is 0 Å². The van der Waals surface area contributed by atoms with Crippen LogP contribution in [0.15, 0.2) is 24.3 Å². The number of carbonyl (C=O) groups is 1. The Morgan fingerprint density at radius 2 is 1.82 bits per heavy atom. The lowest BCUT2D eigenvalue weighted by Crippen LogP contribution is -2.39. The molecule has 0 spiro atoms. The van der Waals surface area contributed by atoms with Crippen molar-refractivity contribution in [1.29, 1.82) is 0 Å². The molecule has 3 heteroatoms. The number of rotatable bonds is 4. The largest absolute Gasteiger partial charge is 0.341 e. The number of hydrogen-bond acceptors (Lipinski definition) is 1. The van der Waals surface area contributed by atoms with Gasteiger partial charge in [-0.15, -0.1) is 11.6 Å². The molecular formula is C14H20ClNO. The maximum absolute atomic E-state index is 12.1. The van der Waals surface area contributed by atoms with Gasteiger partial charge in [-0.05, 0) is 26.3 Å². The first-order valence-electron chi connectivity index (χ1n) is 5.74. The second kappa shape index (κ2) is 5.54. The average Bonchev–Trinajstić information content (AvgIpc) is 2.31. The molecule has 94 valence electrons. The molecule has 1 amide bonds. The predicted octanol–water partition coefficient (Wildman–Crippen LogP) is 3.22. The van der Waals surface area contributed by atoms with E-state index in [1.807, 2.05) is 33.0 Å². The van der Waals surface area contributed by atoms with Crippen LogP contribution < -0.4 is 0 Å². The highest BCUT2D eigenvalue weighted by Gasteiger charge is 2.29. The third-order valence-corrected chi connectivity index (χ3v) is 3.47. The molecule has 1 rings (SSSR count). The Kier molecular flexibility index (Phi) is 4.58. The van der Waals surface area contributed by atoms with Crippen LogP contribution in [0.3, 0.4) is 0 Å². The minimum absolute atomic E-state index is 0.0769. The third kappa shape index (κ3) is 3.74. The molecule has 0 aliphatic rings. The monoisotopic (exact) mass is 253 g/mol. The standard InChI is InChI=1S/C14H20ClNO/c1-11-5-7-12(8-6-11)9-16(4)13(17)14(2,3)10-15/h5-8H,9-10H2,1-4H3. The van der Waals surface area contributed by atoms with Gasteiger partial charge in [0, 0.05) is 19.5 Å². The predicted molar refractivity (Wildman–Crippen MR) is 72.2 cm³/mol. The number of halogens is 1. The van der Waals surface area contributed by atoms with Gasteiger partial charge in [0.25, 0.3) is 0 Å². The molecule has 0 saturated heterocycles. The molecule has 0 unspecified atom stereocenters. The number of benzene rings is 1. The Labute approximate surface area is 109 Å². The van der Waals surface area contributed by atoms with E-state index in [0.717, 1.165) is 5.56 Å². The minimum atomic E-state index is -0.499. The molecule has 0 aromatic heterocycles. The first-order chi connectivity index (χ1) is 7.86. The molecule has 0 aliphatic carbocycles. The Balaban J connectivity index is 2.69. The first kappa shape index (κ1) is 14.0. The van der Waals surface area contributed by atoms with Crippen molar-refractivity contribution in [3.05, 3.63) is 35.4 Å². The highest BCUT2D eigenvalue weighted by molar-refractivity contribution is 6.19. The minimum Gasteiger partial charge on any atom is -0.341 e. The van der Waals surface area contributed by atoms with Gasteiger partial charge in [0.15, 0.2) is 0 Å². The quantitative estimate of drug-likeness (QED) is 0.755. The zero-order chi connectivity index (χ0) is 13.1. The SMILES string of the molecule is Cc1ccc(CN(C)C(=O)C(C)(C)CCl)cc1. The van der Waals surface area contributed by atoms with Crippen LogP contribution in [0.1, 0.15) is 25.0 Å². The molecule has 0 N–H and O–H groups in total. The number of amides is 1. The van der Waals surface area contributed by atoms with Crippen molar-refractivity contribution < 1.29 is 4.79 Å². The van der Waals surface area contributed by atoms with Crippen LogP contribution >= 0.6 is 11.6 Å². The summed E-state index contributed by atoms with van der Waals surface area (Å²) in [6.07, 6.45) is 0. The number of hydrogen-bond donors (Lipinski definition) is 0. The molecular weight excluding hydrogens is 234 g/mol. The van der Waals surface area contributed by atoms with E-state index in [-0.39, 0.29) is 5.91 Å². The van der Waals surface area contributed by atoms with E-state index < -0.39 is 5.41 Å². The number of carbonyl (C=O) groups excluding carboxylic acids is 1. The summed E-state index contributed by atoms with van der Waals surface area (Å²) in [5.74, 6) is 0.414. The summed E-state index contributed by atoms with van der Waals surface area (Å²) >= 11 is 5.81. The topological polar surface area (TPSA) is 20.3 Å². The van der Waals surface area contributed by atoms with Gasteiger partial charge in [0.1, 0.15) is 0 Å². The van der Waals surface area contributed by atoms with Crippen LogP contribution in [0.5, 0.6) is 0 Å². The van der Waals surface area contributed by atoms with Crippen LogP contribution in [-0.2, 0) is 11.3 Å². The fraction of sp³-hybridized carbons (Fsp3) is 0.500. The highest BCUT2D eigenvalue weighted by atomic mass is 35.5. The zero-order valence-electron chi connectivity index (χ0n) is 11.0. The van der Waals surface area contributed by atoms with E-state index in [1.165, 1.54) is 5.56 Å². The summed E-state index contributed by atoms with van der Waals surface area (Å²) in [4.78, 5) is 13.8. The molecule has 0 atom stereocenters. The van der Waals surface area contributed by atoms with Crippen LogP contribution in [-0.4, -0.2) is 23.7 Å². The van der Waals surface area contributed by atoms with Crippen molar-refractivity contribution in [3.63, 3.8) is 0 Å². The summed E-state index contributed by atoms with van der Waals surface area (Å²) in [5.41, 5.74) is 1.86. The van der Waals surface area contributed by atoms with Gasteiger partial charge in [-0.1, -0.05) is 29.8 Å². The lowest BCUT2D eigenvalue weighted by atomic mass is 9.94. The highest BCUT2D eigenvalue weighted by Crippen LogP contribution is 2.21. The molecule has 0 radical (unpaired) electrons. The molecule has 0 saturated carbocycles. The summed E-state index contributed by atoms with van der Waals surface area (Å²) in [6, 6.07) is 8.21. The van der Waals surface area contributed by atoms with Gasteiger partial charge in [-0.2, -0.15) is 0 Å². The second-order valence-electron chi connectivity index (χ2n) is 5.16. The molecule has 17 heavy (non-hydrogen) atoms. The maximum atomic E-state index is 12.1. The average molecular weight is 254 g/mol. The van der Waals surface area contributed by atoms with Gasteiger partial charge in [0.05, 0.1) is 5.41 Å². The Bertz CT molecular complexity index is 384. The fourth-order valence-electron chi connectivity index (χ4n) is 1.61. The van der Waals surface area contributed by atoms with Gasteiger partial charge in [0.2, 0.25) is 5.91 Å². The first-order valence-corrected chi connectivity index (χ1v) is 6.27. The third-order valence-electron chi connectivity index (χ3n) is 2.80. The van der Waals surface area contributed by atoms with E-state index in [1.54, 1.807) is 4.90 Å². The second-order valence-corrected chi connectivity index (χ2v) is 5.43. The van der Waals surface area contributed by atoms with Gasteiger partial charge >= 0.3 is 0 Å². The zero-order valence-corrected chi connectivity index (χ0v) is 11.7. The van der Waals surface area contributed by atoms with Crippen LogP contribution in [0.2, 0.25) is 0 Å². The van der Waals surface area contributed by atoms with E-state index in [0.29, 0.717) is 12.4 Å². The number of aryl methyl sites for hydroxylation is 1. The molecule has 0 aliphatic heterocycles. The summed E-state index contributed by atoms with van der Waals surface area (Å²) in [6.45, 7) is 6.41. The Morgan fingerprint density at radius 3 is 2.29 bits per heavy atom. The van der Waals surface area contributed by atoms with Crippen molar-refractivity contribution in [2.45, 2.75) is 27.3 Å². The summed E-state index contributed by atoms with van der Waals surface area (Å²) < 4.78 is 0. The normalized spacial score (nSPS) is 11.4. The van der Waals surface area contributed by atoms with E-state index in [9.17, 15) is 4.79 Å². The molecule has 2 nitrogen and oxygen atoms in total. The van der Waals surface area contributed by atoms with Gasteiger partial charge < -0.3 is 4.90 Å². The van der Waals surface area contributed by atoms with E-state index >= 15 is 0 Å². The van der Waals surface area contributed by atoms with E-state index in [4.69, 9.17) is 11.6 Å². The molecule has 0 bridgehead atoms. The lowest BCUT2D eigenvalue weighted by Gasteiger charge is -2.27. The molecule has 1 aromatic carbocycles. The lowest BCUT2D eigenvalue weighted by molar-refractivity contribution is -0.138. The smallest absolute Gasteiger partial charge is 0.229 e. The maximum Gasteiger partial charge on any atom is 0.229 e. The summed E-state index contributed by atoms with van der Waals surface area (Å²) in [7, 11) is 1.82. The summed E-state index contributed by atoms with van der Waals surface area (Å²) in [5, 5.41) is 0. The van der Waals surface area contributed by atoms with Crippen molar-refractivity contribution in [1.82, 2.24) is 4.90 Å². The van der Waals surface area contributed by atoms with Crippen molar-refractivity contribution in [2.24, 2.45) is 5.41 Å². The van der Waals surface area contributed by atoms with Crippen molar-refractivity contribution >= 4 is 17.5 Å². The molecule has 1 aromatic rings. The van der Waals surface area contributed by atoms with Crippen LogP contribution in [0.4, 0.5) is 0 Å². The van der Waals surface area contributed by atoms with E-state index in [2.05, 4.69) is 19.1 Å². The Hall–Kier alpha value is -1.02. The Morgan fingerprint density at radius 1 is 1.29 bits per heavy atom. The van der Waals surface area contributed by atoms with Gasteiger partial charge in [-0.25, -0.2) is 0 Å². The van der Waals surface area contributed by atoms with Gasteiger partial charge in [-0.3, -0.25) is 4.79 Å². The molecule has 0 heterocycles. The van der Waals surface area contributed by atoms with Crippen LogP contribution in [0, 0.1) is 12.3 Å². The molecule has 0 fully saturated rings. The van der Waals surface area contributed by atoms with Crippen molar-refractivity contribution in [2.75, 3.05) is 12.9 Å². The number of alkyl halides is 1. The number of nitrogens with zero attached hydrogens (tertiary/aromatic N) is 1.